The molecule has 1 aliphatic rings. The molecule has 1 aromatic heterocycles. The van der Waals surface area contributed by atoms with Crippen molar-refractivity contribution < 1.29 is 9.18 Å². The van der Waals surface area contributed by atoms with Crippen LogP contribution in [-0.2, 0) is 4.79 Å². The number of benzene rings is 1. The number of rotatable bonds is 3. The monoisotopic (exact) mass is 355 g/mol. The Hall–Kier alpha value is -2.18. The van der Waals surface area contributed by atoms with E-state index in [-0.39, 0.29) is 28.3 Å². The fourth-order valence-electron chi connectivity index (χ4n) is 3.86. The summed E-state index contributed by atoms with van der Waals surface area (Å²) < 4.78 is 14.2. The van der Waals surface area contributed by atoms with Crippen molar-refractivity contribution in [2.24, 2.45) is 5.92 Å². The molecule has 0 amide bonds. The van der Waals surface area contributed by atoms with E-state index in [1.54, 1.807) is 0 Å². The fourth-order valence-corrected chi connectivity index (χ4v) is 4.00. The molecule has 0 spiro atoms. The first-order chi connectivity index (χ1) is 11.9. The van der Waals surface area contributed by atoms with Crippen molar-refractivity contribution in [2.75, 3.05) is 0 Å². The van der Waals surface area contributed by atoms with Gasteiger partial charge in [-0.1, -0.05) is 11.6 Å². The second-order valence-corrected chi connectivity index (χ2v) is 7.08. The largest absolute Gasteiger partial charge is 0.299 e. The highest BCUT2D eigenvalue weighted by Crippen LogP contribution is 2.40. The van der Waals surface area contributed by atoms with Crippen LogP contribution in [0.2, 0.25) is 5.02 Å². The van der Waals surface area contributed by atoms with E-state index in [4.69, 9.17) is 18.0 Å². The Morgan fingerprint density at radius 1 is 1.28 bits per heavy atom. The van der Waals surface area contributed by atoms with Crippen LogP contribution in [0.1, 0.15) is 41.9 Å². The van der Waals surface area contributed by atoms with Crippen LogP contribution in [0, 0.1) is 37.9 Å². The van der Waals surface area contributed by atoms with Gasteiger partial charge in [0.2, 0.25) is 0 Å². The minimum Gasteiger partial charge on any atom is -0.299 e. The van der Waals surface area contributed by atoms with Crippen LogP contribution in [0.15, 0.2) is 24.4 Å². The van der Waals surface area contributed by atoms with Gasteiger partial charge in [0.1, 0.15) is 11.5 Å². The Morgan fingerprint density at radius 3 is 2.56 bits per heavy atom. The molecule has 0 radical (unpaired) electrons. The third-order valence-corrected chi connectivity index (χ3v) is 5.14. The van der Waals surface area contributed by atoms with Gasteiger partial charge in [0, 0.05) is 30.0 Å². The average molecular weight is 356 g/mol. The summed E-state index contributed by atoms with van der Waals surface area (Å²) in [6, 6.07) is 5.04. The van der Waals surface area contributed by atoms with Crippen LogP contribution in [0.25, 0.3) is 11.3 Å². The SMILES string of the molecule is C#CCC1CCC(c2c(C)cc(-c3ncc(Cl)cc3F)cc2C)C1=O. The van der Waals surface area contributed by atoms with E-state index in [9.17, 15) is 9.18 Å². The van der Waals surface area contributed by atoms with Crippen molar-refractivity contribution in [1.29, 1.82) is 0 Å². The summed E-state index contributed by atoms with van der Waals surface area (Å²) in [6.45, 7) is 3.92. The summed E-state index contributed by atoms with van der Waals surface area (Å²) >= 11 is 5.78. The van der Waals surface area contributed by atoms with Crippen molar-refractivity contribution >= 4 is 17.4 Å². The number of hydrogen-bond donors (Lipinski definition) is 0. The number of halogens is 2. The van der Waals surface area contributed by atoms with Crippen LogP contribution in [0.5, 0.6) is 0 Å². The number of aromatic nitrogens is 1. The Kier molecular flexibility index (Phi) is 4.92. The Labute approximate surface area is 152 Å². The average Bonchev–Trinajstić information content (AvgIpc) is 2.88. The number of terminal acetylenes is 1. The summed E-state index contributed by atoms with van der Waals surface area (Å²) in [5.74, 6) is 2.22. The van der Waals surface area contributed by atoms with Crippen LogP contribution < -0.4 is 0 Å². The Balaban J connectivity index is 1.99. The van der Waals surface area contributed by atoms with Crippen LogP contribution in [0.3, 0.4) is 0 Å². The highest BCUT2D eigenvalue weighted by atomic mass is 35.5. The van der Waals surface area contributed by atoms with Crippen LogP contribution in [0.4, 0.5) is 4.39 Å². The quantitative estimate of drug-likeness (QED) is 0.704. The molecule has 1 aromatic carbocycles. The number of pyridine rings is 1. The first kappa shape index (κ1) is 17.6. The summed E-state index contributed by atoms with van der Waals surface area (Å²) in [5, 5.41) is 0.266. The van der Waals surface area contributed by atoms with Gasteiger partial charge in [-0.05, 0) is 61.6 Å². The fraction of sp³-hybridized carbons (Fsp3) is 0.333. The lowest BCUT2D eigenvalue weighted by molar-refractivity contribution is -0.121. The second-order valence-electron chi connectivity index (χ2n) is 6.65. The first-order valence-electron chi connectivity index (χ1n) is 8.32. The summed E-state index contributed by atoms with van der Waals surface area (Å²) in [5.41, 5.74) is 3.96. The molecule has 0 aliphatic heterocycles. The van der Waals surface area contributed by atoms with E-state index in [0.29, 0.717) is 12.0 Å². The number of ketones is 1. The minimum atomic E-state index is -0.454. The van der Waals surface area contributed by atoms with Gasteiger partial charge >= 0.3 is 0 Å². The molecule has 3 rings (SSSR count). The lowest BCUT2D eigenvalue weighted by atomic mass is 9.86. The summed E-state index contributed by atoms with van der Waals surface area (Å²) in [6.07, 6.45) is 8.96. The third-order valence-electron chi connectivity index (χ3n) is 4.94. The predicted octanol–water partition coefficient (Wildman–Crippen LogP) is 5.24. The number of Topliss-reactive ketones (excluding diaryl/α,β-unsaturated/α-hetero) is 1. The standard InChI is InChI=1S/C21H19ClFNO/c1-4-5-14-6-7-17(21(14)25)19-12(2)8-15(9-13(19)3)20-18(23)10-16(22)11-24-20/h1,8-11,14,17H,5-7H2,2-3H3. The molecule has 1 aliphatic carbocycles. The molecule has 128 valence electrons. The van der Waals surface area contributed by atoms with Crippen LogP contribution in [-0.4, -0.2) is 10.8 Å². The first-order valence-corrected chi connectivity index (χ1v) is 8.70. The van der Waals surface area contributed by atoms with Gasteiger partial charge in [0.15, 0.2) is 5.82 Å². The zero-order valence-corrected chi connectivity index (χ0v) is 15.0. The zero-order chi connectivity index (χ0) is 18.1. The van der Waals surface area contributed by atoms with Gasteiger partial charge in [-0.2, -0.15) is 0 Å². The zero-order valence-electron chi connectivity index (χ0n) is 14.3. The van der Waals surface area contributed by atoms with Crippen molar-refractivity contribution in [3.8, 4) is 23.6 Å². The molecule has 1 fully saturated rings. The van der Waals surface area contributed by atoms with Gasteiger partial charge in [0.05, 0.1) is 5.02 Å². The molecule has 0 N–H and O–H groups in total. The number of aryl methyl sites for hydroxylation is 2. The number of carbonyl (C=O) groups excluding carboxylic acids is 1. The smallest absolute Gasteiger partial charge is 0.150 e. The number of nitrogens with zero attached hydrogens (tertiary/aromatic N) is 1. The Morgan fingerprint density at radius 2 is 1.96 bits per heavy atom. The van der Waals surface area contributed by atoms with E-state index in [1.807, 2.05) is 26.0 Å². The maximum Gasteiger partial charge on any atom is 0.150 e. The highest BCUT2D eigenvalue weighted by Gasteiger charge is 2.36. The minimum absolute atomic E-state index is 0.0381. The molecule has 2 nitrogen and oxygen atoms in total. The van der Waals surface area contributed by atoms with Gasteiger partial charge in [0.25, 0.3) is 0 Å². The molecule has 25 heavy (non-hydrogen) atoms. The molecular formula is C21H19ClFNO. The highest BCUT2D eigenvalue weighted by molar-refractivity contribution is 6.30. The molecule has 1 saturated carbocycles. The van der Waals surface area contributed by atoms with Crippen molar-refractivity contribution in [3.05, 3.63) is 51.9 Å². The number of carbonyl (C=O) groups is 1. The molecular weight excluding hydrogens is 337 g/mol. The van der Waals surface area contributed by atoms with E-state index in [0.717, 1.165) is 29.5 Å². The van der Waals surface area contributed by atoms with Crippen molar-refractivity contribution in [3.63, 3.8) is 0 Å². The van der Waals surface area contributed by atoms with E-state index >= 15 is 0 Å². The molecule has 2 unspecified atom stereocenters. The maximum atomic E-state index is 14.2. The molecule has 1 heterocycles. The van der Waals surface area contributed by atoms with Crippen LogP contribution >= 0.6 is 11.6 Å². The normalized spacial score (nSPS) is 19.9. The molecule has 2 aromatic rings. The van der Waals surface area contributed by atoms with Gasteiger partial charge in [-0.15, -0.1) is 12.3 Å². The lowest BCUT2D eigenvalue weighted by Crippen LogP contribution is -2.14. The van der Waals surface area contributed by atoms with Gasteiger partial charge in [-0.25, -0.2) is 4.39 Å². The summed E-state index contributed by atoms with van der Waals surface area (Å²) in [4.78, 5) is 16.8. The summed E-state index contributed by atoms with van der Waals surface area (Å²) in [7, 11) is 0. The second kappa shape index (κ2) is 6.98. The predicted molar refractivity (Wildman–Crippen MR) is 98.0 cm³/mol. The molecule has 0 bridgehead atoms. The van der Waals surface area contributed by atoms with E-state index in [2.05, 4.69) is 10.9 Å². The maximum absolute atomic E-state index is 14.2. The lowest BCUT2D eigenvalue weighted by Gasteiger charge is -2.18. The Bertz CT molecular complexity index is 861. The third kappa shape index (κ3) is 3.32. The van der Waals surface area contributed by atoms with E-state index in [1.165, 1.54) is 12.3 Å². The van der Waals surface area contributed by atoms with Crippen molar-refractivity contribution in [2.45, 2.75) is 39.0 Å². The molecule has 0 saturated heterocycles. The molecule has 4 heteroatoms. The topological polar surface area (TPSA) is 30.0 Å². The van der Waals surface area contributed by atoms with Gasteiger partial charge < -0.3 is 0 Å². The van der Waals surface area contributed by atoms with Crippen molar-refractivity contribution in [1.82, 2.24) is 4.98 Å². The number of hydrogen-bond acceptors (Lipinski definition) is 2. The molecule has 2 atom stereocenters. The van der Waals surface area contributed by atoms with Gasteiger partial charge in [-0.3, -0.25) is 9.78 Å². The van der Waals surface area contributed by atoms with E-state index < -0.39 is 5.82 Å².